The van der Waals surface area contributed by atoms with E-state index in [4.69, 9.17) is 9.47 Å². The molecule has 1 N–H and O–H groups in total. The Kier molecular flexibility index (Phi) is 4.24. The second kappa shape index (κ2) is 6.11. The Hall–Kier alpha value is -1.11. The highest BCUT2D eigenvalue weighted by atomic mass is 79.9. The summed E-state index contributed by atoms with van der Waals surface area (Å²) < 4.78 is 12.2. The maximum absolute atomic E-state index is 10.4. The lowest BCUT2D eigenvalue weighted by Gasteiger charge is -2.15. The monoisotopic (exact) mass is 355 g/mol. The van der Waals surface area contributed by atoms with Gasteiger partial charge in [0.2, 0.25) is 0 Å². The summed E-state index contributed by atoms with van der Waals surface area (Å²) in [6.07, 6.45) is 2.62. The van der Waals surface area contributed by atoms with Gasteiger partial charge in [-0.3, -0.25) is 4.98 Å². The molecule has 1 atom stereocenters. The van der Waals surface area contributed by atoms with Crippen LogP contribution in [0.5, 0.6) is 11.5 Å². The fourth-order valence-electron chi connectivity index (χ4n) is 2.09. The van der Waals surface area contributed by atoms with Gasteiger partial charge in [-0.05, 0) is 33.6 Å². The third kappa shape index (κ3) is 2.97. The van der Waals surface area contributed by atoms with Crippen LogP contribution < -0.4 is 9.47 Å². The second-order valence-corrected chi connectivity index (χ2v) is 6.39. The molecule has 0 saturated carbocycles. The molecular formula is C14H14BrNO3S. The van der Waals surface area contributed by atoms with Crippen molar-refractivity contribution in [3.8, 4) is 11.5 Å². The maximum Gasteiger partial charge on any atom is 0.175 e. The minimum absolute atomic E-state index is 0.552. The molecule has 3 rings (SSSR count). The molecule has 0 radical (unpaired) electrons. The van der Waals surface area contributed by atoms with Crippen LogP contribution in [-0.2, 0) is 6.42 Å². The predicted octanol–water partition coefficient (Wildman–Crippen LogP) is 3.34. The number of thiazole rings is 1. The molecule has 0 bridgehead atoms. The highest BCUT2D eigenvalue weighted by molar-refractivity contribution is 9.10. The van der Waals surface area contributed by atoms with E-state index in [2.05, 4.69) is 20.9 Å². The number of aliphatic hydroxyl groups is 1. The Morgan fingerprint density at radius 1 is 1.35 bits per heavy atom. The topological polar surface area (TPSA) is 51.6 Å². The zero-order valence-electron chi connectivity index (χ0n) is 10.7. The third-order valence-corrected chi connectivity index (χ3v) is 4.48. The van der Waals surface area contributed by atoms with E-state index in [0.29, 0.717) is 25.4 Å². The van der Waals surface area contributed by atoms with Crippen molar-refractivity contribution in [2.75, 3.05) is 13.2 Å². The molecule has 106 valence electrons. The second-order valence-electron chi connectivity index (χ2n) is 4.57. The average Bonchev–Trinajstić information content (AvgIpc) is 2.81. The molecule has 0 aliphatic carbocycles. The first kappa shape index (κ1) is 13.9. The van der Waals surface area contributed by atoms with Gasteiger partial charge in [0.15, 0.2) is 11.5 Å². The number of benzene rings is 1. The number of fused-ring (bicyclic) bond motifs is 1. The Morgan fingerprint density at radius 3 is 3.00 bits per heavy atom. The molecule has 2 aromatic rings. The first-order chi connectivity index (χ1) is 9.74. The van der Waals surface area contributed by atoms with Crippen LogP contribution in [-0.4, -0.2) is 23.3 Å². The number of halogens is 1. The van der Waals surface area contributed by atoms with Crippen LogP contribution in [0.3, 0.4) is 0 Å². The zero-order valence-corrected chi connectivity index (χ0v) is 13.1. The highest BCUT2D eigenvalue weighted by Gasteiger charge is 2.19. The lowest BCUT2D eigenvalue weighted by atomic mass is 10.1. The molecule has 6 heteroatoms. The summed E-state index contributed by atoms with van der Waals surface area (Å²) in [5.41, 5.74) is 2.58. The molecule has 4 nitrogen and oxygen atoms in total. The molecular weight excluding hydrogens is 342 g/mol. The van der Waals surface area contributed by atoms with E-state index < -0.39 is 6.10 Å². The van der Waals surface area contributed by atoms with Crippen LogP contribution in [0.1, 0.15) is 23.0 Å². The van der Waals surface area contributed by atoms with E-state index in [1.807, 2.05) is 12.1 Å². The van der Waals surface area contributed by atoms with Gasteiger partial charge in [-0.15, -0.1) is 11.3 Å². The summed E-state index contributed by atoms with van der Waals surface area (Å²) in [5, 5.41) is 10.4. The third-order valence-electron chi connectivity index (χ3n) is 3.09. The number of hydrogen-bond acceptors (Lipinski definition) is 5. The van der Waals surface area contributed by atoms with E-state index in [1.54, 1.807) is 23.0 Å². The highest BCUT2D eigenvalue weighted by Crippen LogP contribution is 2.40. The first-order valence-electron chi connectivity index (χ1n) is 6.38. The Bertz CT molecular complexity index is 588. The van der Waals surface area contributed by atoms with Crippen molar-refractivity contribution >= 4 is 27.3 Å². The summed E-state index contributed by atoms with van der Waals surface area (Å²) in [6.45, 7) is 1.28. The standard InChI is InChI=1S/C14H14BrNO3S/c15-11-4-9(12(17)6-10-7-16-8-20-10)5-13-14(11)19-3-1-2-18-13/h4-5,7-8,12,17H,1-3,6H2. The zero-order chi connectivity index (χ0) is 13.9. The summed E-state index contributed by atoms with van der Waals surface area (Å²) >= 11 is 5.03. The predicted molar refractivity (Wildman–Crippen MR) is 80.5 cm³/mol. The molecule has 1 aromatic carbocycles. The maximum atomic E-state index is 10.4. The van der Waals surface area contributed by atoms with Gasteiger partial charge in [0.25, 0.3) is 0 Å². The van der Waals surface area contributed by atoms with Gasteiger partial charge in [0.1, 0.15) is 0 Å². The van der Waals surface area contributed by atoms with E-state index in [1.165, 1.54) is 0 Å². The van der Waals surface area contributed by atoms with Gasteiger partial charge in [0.05, 0.1) is 29.3 Å². The SMILES string of the molecule is OC(Cc1cncs1)c1cc(Br)c2c(c1)OCCCO2. The normalized spacial score (nSPS) is 15.7. The Balaban J connectivity index is 1.86. The number of nitrogens with zero attached hydrogens (tertiary/aromatic N) is 1. The Morgan fingerprint density at radius 2 is 2.20 bits per heavy atom. The van der Waals surface area contributed by atoms with Gasteiger partial charge < -0.3 is 14.6 Å². The molecule has 0 amide bonds. The van der Waals surface area contributed by atoms with Gasteiger partial charge in [-0.2, -0.15) is 0 Å². The van der Waals surface area contributed by atoms with Crippen LogP contribution in [0.25, 0.3) is 0 Å². The number of hydrogen-bond donors (Lipinski definition) is 1. The van der Waals surface area contributed by atoms with E-state index >= 15 is 0 Å². The molecule has 0 spiro atoms. The van der Waals surface area contributed by atoms with Crippen molar-refractivity contribution in [2.45, 2.75) is 18.9 Å². The van der Waals surface area contributed by atoms with Crippen LogP contribution in [0.4, 0.5) is 0 Å². The largest absolute Gasteiger partial charge is 0.490 e. The number of aromatic nitrogens is 1. The van der Waals surface area contributed by atoms with Crippen molar-refractivity contribution in [1.29, 1.82) is 0 Å². The van der Waals surface area contributed by atoms with Crippen molar-refractivity contribution in [3.05, 3.63) is 38.8 Å². The summed E-state index contributed by atoms with van der Waals surface area (Å²) in [7, 11) is 0. The molecule has 1 unspecified atom stereocenters. The molecule has 0 saturated heterocycles. The molecule has 1 aliphatic heterocycles. The Labute approximate surface area is 129 Å². The fraction of sp³-hybridized carbons (Fsp3) is 0.357. The van der Waals surface area contributed by atoms with Gasteiger partial charge in [-0.1, -0.05) is 0 Å². The average molecular weight is 356 g/mol. The van der Waals surface area contributed by atoms with Crippen molar-refractivity contribution in [3.63, 3.8) is 0 Å². The number of aliphatic hydroxyl groups excluding tert-OH is 1. The minimum atomic E-state index is -0.580. The lowest BCUT2D eigenvalue weighted by molar-refractivity contribution is 0.178. The number of ether oxygens (including phenoxy) is 2. The smallest absolute Gasteiger partial charge is 0.175 e. The molecule has 0 fully saturated rings. The first-order valence-corrected chi connectivity index (χ1v) is 8.06. The van der Waals surface area contributed by atoms with Crippen molar-refractivity contribution in [2.24, 2.45) is 0 Å². The van der Waals surface area contributed by atoms with Crippen LogP contribution in [0, 0.1) is 0 Å². The van der Waals surface area contributed by atoms with Gasteiger partial charge in [-0.25, -0.2) is 0 Å². The summed E-state index contributed by atoms with van der Waals surface area (Å²) in [5.74, 6) is 1.41. The van der Waals surface area contributed by atoms with E-state index in [9.17, 15) is 5.11 Å². The molecule has 2 heterocycles. The number of rotatable bonds is 3. The van der Waals surface area contributed by atoms with Crippen LogP contribution in [0.15, 0.2) is 28.3 Å². The molecule has 20 heavy (non-hydrogen) atoms. The summed E-state index contributed by atoms with van der Waals surface area (Å²) in [4.78, 5) is 5.08. The lowest BCUT2D eigenvalue weighted by Crippen LogP contribution is -2.02. The van der Waals surface area contributed by atoms with Crippen LogP contribution in [0.2, 0.25) is 0 Å². The van der Waals surface area contributed by atoms with Gasteiger partial charge >= 0.3 is 0 Å². The molecule has 1 aliphatic rings. The van der Waals surface area contributed by atoms with Crippen molar-refractivity contribution < 1.29 is 14.6 Å². The van der Waals surface area contributed by atoms with Crippen molar-refractivity contribution in [1.82, 2.24) is 4.98 Å². The summed E-state index contributed by atoms with van der Waals surface area (Å²) in [6, 6.07) is 3.75. The van der Waals surface area contributed by atoms with Crippen LogP contribution >= 0.6 is 27.3 Å². The fourth-order valence-corrected chi connectivity index (χ4v) is 3.30. The van der Waals surface area contributed by atoms with Gasteiger partial charge in [0, 0.05) is 23.9 Å². The molecule has 1 aromatic heterocycles. The minimum Gasteiger partial charge on any atom is -0.490 e. The quantitative estimate of drug-likeness (QED) is 0.917. The van der Waals surface area contributed by atoms with E-state index in [-0.39, 0.29) is 0 Å². The van der Waals surface area contributed by atoms with E-state index in [0.717, 1.165) is 27.1 Å².